The summed E-state index contributed by atoms with van der Waals surface area (Å²) in [6.07, 6.45) is -0.479. The van der Waals surface area contributed by atoms with Crippen molar-refractivity contribution in [3.8, 4) is 5.88 Å². The number of hydrogen-bond acceptors (Lipinski definition) is 4. The van der Waals surface area contributed by atoms with Gasteiger partial charge in [0.1, 0.15) is 5.69 Å². The van der Waals surface area contributed by atoms with Gasteiger partial charge in [0, 0.05) is 25.8 Å². The number of hydrogen-bond donors (Lipinski definition) is 0. The number of nitrogens with zero attached hydrogens (tertiary/aromatic N) is 2. The van der Waals surface area contributed by atoms with Crippen LogP contribution in [-0.4, -0.2) is 48.2 Å². The molecule has 1 atom stereocenters. The van der Waals surface area contributed by atoms with Gasteiger partial charge >= 0.3 is 6.18 Å². The number of carbonyl (C=O) groups is 1. The molecule has 1 amide bonds. The van der Waals surface area contributed by atoms with E-state index in [1.54, 1.807) is 0 Å². The van der Waals surface area contributed by atoms with Crippen LogP contribution in [0.4, 0.5) is 13.2 Å². The molecule has 0 radical (unpaired) electrons. The molecule has 0 spiro atoms. The maximum atomic E-state index is 12.7. The number of pyridine rings is 1. The highest BCUT2D eigenvalue weighted by molar-refractivity contribution is 5.76. The lowest BCUT2D eigenvalue weighted by atomic mass is 9.97. The molecule has 0 aliphatic carbocycles. The van der Waals surface area contributed by atoms with E-state index in [0.29, 0.717) is 26.1 Å². The highest BCUT2D eigenvalue weighted by Crippen LogP contribution is 2.29. The van der Waals surface area contributed by atoms with Gasteiger partial charge in [-0.3, -0.25) is 4.79 Å². The number of halogens is 3. The molecule has 0 saturated carbocycles. The lowest BCUT2D eigenvalue weighted by Gasteiger charge is -2.32. The van der Waals surface area contributed by atoms with Crippen molar-refractivity contribution in [3.63, 3.8) is 0 Å². The van der Waals surface area contributed by atoms with E-state index < -0.39 is 11.9 Å². The van der Waals surface area contributed by atoms with Crippen LogP contribution in [-0.2, 0) is 15.7 Å². The molecule has 2 fully saturated rings. The molecule has 0 N–H and O–H groups in total. The minimum atomic E-state index is -4.48. The largest absolute Gasteiger partial charge is 0.477 e. The van der Waals surface area contributed by atoms with Crippen LogP contribution >= 0.6 is 0 Å². The van der Waals surface area contributed by atoms with E-state index in [4.69, 9.17) is 9.47 Å². The van der Waals surface area contributed by atoms with E-state index in [-0.39, 0.29) is 23.8 Å². The standard InChI is InChI=1S/C18H23F3N2O3/c19-18(20,21)15-4-1-5-16(22-15)26-12-13-6-8-23(9-7-13)17(24)11-14-3-2-10-25-14/h1,4-5,13-14H,2-3,6-12H2. The summed E-state index contributed by atoms with van der Waals surface area (Å²) >= 11 is 0. The molecular weight excluding hydrogens is 349 g/mol. The van der Waals surface area contributed by atoms with Gasteiger partial charge in [0.05, 0.1) is 19.1 Å². The molecule has 5 nitrogen and oxygen atoms in total. The molecule has 0 aromatic carbocycles. The fraction of sp³-hybridized carbons (Fsp3) is 0.667. The number of piperidine rings is 1. The number of likely N-dealkylation sites (tertiary alicyclic amines) is 1. The summed E-state index contributed by atoms with van der Waals surface area (Å²) in [5.74, 6) is 0.311. The van der Waals surface area contributed by atoms with Gasteiger partial charge < -0.3 is 14.4 Å². The minimum absolute atomic E-state index is 0.0169. The van der Waals surface area contributed by atoms with E-state index in [1.807, 2.05) is 4.90 Å². The Morgan fingerprint density at radius 3 is 2.69 bits per heavy atom. The third kappa shape index (κ3) is 5.09. The Morgan fingerprint density at radius 2 is 2.04 bits per heavy atom. The number of ether oxygens (including phenoxy) is 2. The van der Waals surface area contributed by atoms with Crippen molar-refractivity contribution in [2.45, 2.75) is 44.4 Å². The first-order chi connectivity index (χ1) is 12.4. The number of alkyl halides is 3. The van der Waals surface area contributed by atoms with E-state index in [0.717, 1.165) is 38.4 Å². The van der Waals surface area contributed by atoms with Crippen molar-refractivity contribution in [2.75, 3.05) is 26.3 Å². The maximum absolute atomic E-state index is 12.7. The summed E-state index contributed by atoms with van der Waals surface area (Å²) in [5, 5.41) is 0. The van der Waals surface area contributed by atoms with Crippen molar-refractivity contribution in [1.29, 1.82) is 0 Å². The number of carbonyl (C=O) groups excluding carboxylic acids is 1. The molecule has 144 valence electrons. The molecule has 26 heavy (non-hydrogen) atoms. The molecule has 2 aliphatic rings. The van der Waals surface area contributed by atoms with Gasteiger partial charge in [-0.15, -0.1) is 0 Å². The van der Waals surface area contributed by atoms with Crippen LogP contribution in [0.2, 0.25) is 0 Å². The summed E-state index contributed by atoms with van der Waals surface area (Å²) in [4.78, 5) is 17.6. The van der Waals surface area contributed by atoms with Crippen molar-refractivity contribution in [3.05, 3.63) is 23.9 Å². The van der Waals surface area contributed by atoms with Gasteiger partial charge in [-0.05, 0) is 37.7 Å². The molecule has 3 rings (SSSR count). The Morgan fingerprint density at radius 1 is 1.27 bits per heavy atom. The first kappa shape index (κ1) is 18.9. The van der Waals surface area contributed by atoms with Crippen molar-refractivity contribution in [1.82, 2.24) is 9.88 Å². The second-order valence-electron chi connectivity index (χ2n) is 6.83. The lowest BCUT2D eigenvalue weighted by molar-refractivity contribution is -0.141. The first-order valence-electron chi connectivity index (χ1n) is 8.98. The fourth-order valence-electron chi connectivity index (χ4n) is 3.33. The zero-order valence-corrected chi connectivity index (χ0v) is 14.5. The van der Waals surface area contributed by atoms with E-state index in [1.165, 1.54) is 12.1 Å². The number of amides is 1. The quantitative estimate of drug-likeness (QED) is 0.796. The molecule has 1 aromatic rings. The normalized spacial score (nSPS) is 21.8. The minimum Gasteiger partial charge on any atom is -0.477 e. The van der Waals surface area contributed by atoms with Gasteiger partial charge in [-0.2, -0.15) is 13.2 Å². The molecule has 1 aromatic heterocycles. The molecule has 3 heterocycles. The second kappa shape index (κ2) is 8.24. The van der Waals surface area contributed by atoms with Crippen molar-refractivity contribution in [2.24, 2.45) is 5.92 Å². The van der Waals surface area contributed by atoms with Crippen LogP contribution in [0.1, 0.15) is 37.8 Å². The van der Waals surface area contributed by atoms with Crippen LogP contribution in [0.25, 0.3) is 0 Å². The first-order valence-corrected chi connectivity index (χ1v) is 8.98. The molecule has 2 aliphatic heterocycles. The van der Waals surface area contributed by atoms with Gasteiger partial charge in [0.2, 0.25) is 11.8 Å². The number of aromatic nitrogens is 1. The monoisotopic (exact) mass is 372 g/mol. The highest BCUT2D eigenvalue weighted by Gasteiger charge is 2.33. The smallest absolute Gasteiger partial charge is 0.433 e. The topological polar surface area (TPSA) is 51.7 Å². The maximum Gasteiger partial charge on any atom is 0.433 e. The van der Waals surface area contributed by atoms with Crippen LogP contribution in [0.5, 0.6) is 5.88 Å². The van der Waals surface area contributed by atoms with Crippen LogP contribution in [0.15, 0.2) is 18.2 Å². The van der Waals surface area contributed by atoms with Crippen LogP contribution in [0, 0.1) is 5.92 Å². The summed E-state index contributed by atoms with van der Waals surface area (Å²) in [6.45, 7) is 2.34. The molecular formula is C18H23F3N2O3. The molecule has 8 heteroatoms. The Labute approximate surface area is 150 Å². The second-order valence-corrected chi connectivity index (χ2v) is 6.83. The predicted octanol–water partition coefficient (Wildman–Crippen LogP) is 3.29. The Kier molecular flexibility index (Phi) is 6.01. The summed E-state index contributed by atoms with van der Waals surface area (Å²) in [5.41, 5.74) is -0.954. The summed E-state index contributed by atoms with van der Waals surface area (Å²) < 4.78 is 48.9. The van der Waals surface area contributed by atoms with Crippen molar-refractivity contribution >= 4 is 5.91 Å². The third-order valence-electron chi connectivity index (χ3n) is 4.87. The van der Waals surface area contributed by atoms with Crippen LogP contribution < -0.4 is 4.74 Å². The Balaban J connectivity index is 1.42. The van der Waals surface area contributed by atoms with E-state index >= 15 is 0 Å². The van der Waals surface area contributed by atoms with Crippen LogP contribution in [0.3, 0.4) is 0 Å². The van der Waals surface area contributed by atoms with E-state index in [9.17, 15) is 18.0 Å². The van der Waals surface area contributed by atoms with Gasteiger partial charge in [0.15, 0.2) is 0 Å². The molecule has 0 bridgehead atoms. The number of rotatable bonds is 5. The Hall–Kier alpha value is -1.83. The van der Waals surface area contributed by atoms with Gasteiger partial charge in [-0.25, -0.2) is 4.98 Å². The third-order valence-corrected chi connectivity index (χ3v) is 4.87. The van der Waals surface area contributed by atoms with Gasteiger partial charge in [-0.1, -0.05) is 6.07 Å². The average molecular weight is 372 g/mol. The predicted molar refractivity (Wildman–Crippen MR) is 87.6 cm³/mol. The SMILES string of the molecule is O=C(CC1CCCO1)N1CCC(COc2cccc(C(F)(F)F)n2)CC1. The molecule has 2 saturated heterocycles. The zero-order chi connectivity index (χ0) is 18.6. The highest BCUT2D eigenvalue weighted by atomic mass is 19.4. The molecule has 1 unspecified atom stereocenters. The van der Waals surface area contributed by atoms with E-state index in [2.05, 4.69) is 4.98 Å². The summed E-state index contributed by atoms with van der Waals surface area (Å²) in [7, 11) is 0. The fourth-order valence-corrected chi connectivity index (χ4v) is 3.33. The zero-order valence-electron chi connectivity index (χ0n) is 14.5. The summed E-state index contributed by atoms with van der Waals surface area (Å²) in [6, 6.07) is 3.64. The Bertz CT molecular complexity index is 610. The average Bonchev–Trinajstić information content (AvgIpc) is 3.13. The van der Waals surface area contributed by atoms with Gasteiger partial charge in [0.25, 0.3) is 0 Å². The van der Waals surface area contributed by atoms with Crippen molar-refractivity contribution < 1.29 is 27.4 Å². The lowest BCUT2D eigenvalue weighted by Crippen LogP contribution is -2.40.